The Hall–Kier alpha value is -3.80. The first-order valence-electron chi connectivity index (χ1n) is 9.84. The molecule has 1 aliphatic heterocycles. The monoisotopic (exact) mass is 399 g/mol. The first-order chi connectivity index (χ1) is 14.6. The lowest BCUT2D eigenvalue weighted by Crippen LogP contribution is -2.15. The van der Waals surface area contributed by atoms with Crippen molar-refractivity contribution in [1.82, 2.24) is 9.38 Å². The summed E-state index contributed by atoms with van der Waals surface area (Å²) < 4.78 is 13.2. The Kier molecular flexibility index (Phi) is 4.39. The fourth-order valence-corrected chi connectivity index (χ4v) is 3.49. The predicted octanol–water partition coefficient (Wildman–Crippen LogP) is 4.64. The van der Waals surface area contributed by atoms with Gasteiger partial charge in [-0.05, 0) is 67.4 Å². The molecule has 0 spiro atoms. The fourth-order valence-electron chi connectivity index (χ4n) is 3.49. The SMILES string of the molecule is Cc1ccc(C(=O)Nc2ccc3nc(-c4ccc5c(c4)OCCO5)cn3c2)cc1C. The topological polar surface area (TPSA) is 64.9 Å². The minimum atomic E-state index is -0.135. The molecule has 5 rings (SSSR count). The number of carbonyl (C=O) groups excluding carboxylic acids is 1. The Bertz CT molecular complexity index is 1280. The highest BCUT2D eigenvalue weighted by molar-refractivity contribution is 6.04. The summed E-state index contributed by atoms with van der Waals surface area (Å²) in [5.41, 5.74) is 6.17. The molecular formula is C24H21N3O3. The lowest BCUT2D eigenvalue weighted by Gasteiger charge is -2.18. The molecule has 0 unspecified atom stereocenters. The molecule has 1 N–H and O–H groups in total. The first-order valence-corrected chi connectivity index (χ1v) is 9.84. The maximum atomic E-state index is 12.6. The van der Waals surface area contributed by atoms with Gasteiger partial charge in [-0.1, -0.05) is 6.07 Å². The van der Waals surface area contributed by atoms with Gasteiger partial charge in [-0.3, -0.25) is 4.79 Å². The molecule has 0 radical (unpaired) electrons. The summed E-state index contributed by atoms with van der Waals surface area (Å²) in [4.78, 5) is 17.3. The van der Waals surface area contributed by atoms with Crippen LogP contribution in [0.2, 0.25) is 0 Å². The molecule has 0 saturated carbocycles. The number of hydrogen-bond acceptors (Lipinski definition) is 4. The number of ether oxygens (including phenoxy) is 2. The van der Waals surface area contributed by atoms with Crippen molar-refractivity contribution in [3.8, 4) is 22.8 Å². The van der Waals surface area contributed by atoms with Gasteiger partial charge in [-0.15, -0.1) is 0 Å². The molecule has 4 aromatic rings. The number of carbonyl (C=O) groups is 1. The van der Waals surface area contributed by atoms with E-state index in [-0.39, 0.29) is 5.91 Å². The van der Waals surface area contributed by atoms with Crippen molar-refractivity contribution in [3.05, 3.63) is 77.6 Å². The lowest BCUT2D eigenvalue weighted by atomic mass is 10.1. The second kappa shape index (κ2) is 7.22. The molecule has 2 aromatic carbocycles. The fraction of sp³-hybridized carbons (Fsp3) is 0.167. The predicted molar refractivity (Wildman–Crippen MR) is 115 cm³/mol. The number of pyridine rings is 1. The van der Waals surface area contributed by atoms with Gasteiger partial charge in [0.15, 0.2) is 11.5 Å². The van der Waals surface area contributed by atoms with Crippen molar-refractivity contribution in [2.75, 3.05) is 18.5 Å². The average Bonchev–Trinajstić information content (AvgIpc) is 3.18. The zero-order chi connectivity index (χ0) is 20.7. The maximum absolute atomic E-state index is 12.6. The third-order valence-electron chi connectivity index (χ3n) is 5.32. The van der Waals surface area contributed by atoms with Crippen molar-refractivity contribution in [2.45, 2.75) is 13.8 Å². The number of imidazole rings is 1. The van der Waals surface area contributed by atoms with E-state index in [1.54, 1.807) is 0 Å². The number of anilines is 1. The average molecular weight is 399 g/mol. The zero-order valence-electron chi connectivity index (χ0n) is 16.8. The van der Waals surface area contributed by atoms with E-state index in [1.807, 2.05) is 79.2 Å². The molecule has 0 bridgehead atoms. The number of amides is 1. The zero-order valence-corrected chi connectivity index (χ0v) is 16.8. The van der Waals surface area contributed by atoms with Gasteiger partial charge in [0.05, 0.1) is 11.4 Å². The summed E-state index contributed by atoms with van der Waals surface area (Å²) in [5, 5.41) is 2.96. The van der Waals surface area contributed by atoms with E-state index in [9.17, 15) is 4.79 Å². The molecule has 150 valence electrons. The van der Waals surface area contributed by atoms with Crippen LogP contribution >= 0.6 is 0 Å². The van der Waals surface area contributed by atoms with Gasteiger partial charge in [0.25, 0.3) is 5.91 Å². The molecule has 2 aromatic heterocycles. The normalized spacial score (nSPS) is 12.7. The van der Waals surface area contributed by atoms with E-state index in [0.717, 1.165) is 39.5 Å². The van der Waals surface area contributed by atoms with Crippen LogP contribution in [0, 0.1) is 13.8 Å². The number of hydrogen-bond donors (Lipinski definition) is 1. The van der Waals surface area contributed by atoms with Gasteiger partial charge < -0.3 is 19.2 Å². The third kappa shape index (κ3) is 3.37. The van der Waals surface area contributed by atoms with Crippen LogP contribution in [-0.2, 0) is 0 Å². The highest BCUT2D eigenvalue weighted by atomic mass is 16.6. The van der Waals surface area contributed by atoms with Crippen LogP contribution in [0.5, 0.6) is 11.5 Å². The Labute approximate surface area is 174 Å². The second-order valence-electron chi connectivity index (χ2n) is 7.42. The first kappa shape index (κ1) is 18.2. The standard InChI is InChI=1S/C24H21N3O3/c1-15-3-4-18(11-16(15)2)24(28)25-19-6-8-23-26-20(14-27(23)13-19)17-5-7-21-22(12-17)30-10-9-29-21/h3-8,11-14H,9-10H2,1-2H3,(H,25,28). The molecule has 0 fully saturated rings. The molecular weight excluding hydrogens is 378 g/mol. The summed E-state index contributed by atoms with van der Waals surface area (Å²) in [7, 11) is 0. The van der Waals surface area contributed by atoms with E-state index in [0.29, 0.717) is 24.5 Å². The van der Waals surface area contributed by atoms with Gasteiger partial charge in [-0.2, -0.15) is 0 Å². The van der Waals surface area contributed by atoms with E-state index in [2.05, 4.69) is 10.3 Å². The van der Waals surface area contributed by atoms with Crippen molar-refractivity contribution in [2.24, 2.45) is 0 Å². The Balaban J connectivity index is 1.41. The Morgan fingerprint density at radius 1 is 0.933 bits per heavy atom. The molecule has 1 amide bonds. The number of aromatic nitrogens is 2. The minimum Gasteiger partial charge on any atom is -0.486 e. The molecule has 3 heterocycles. The third-order valence-corrected chi connectivity index (χ3v) is 5.32. The summed E-state index contributed by atoms with van der Waals surface area (Å²) in [6.45, 7) is 5.15. The lowest BCUT2D eigenvalue weighted by molar-refractivity contribution is 0.102. The van der Waals surface area contributed by atoms with Crippen LogP contribution in [0.1, 0.15) is 21.5 Å². The van der Waals surface area contributed by atoms with E-state index in [4.69, 9.17) is 9.47 Å². The van der Waals surface area contributed by atoms with Crippen LogP contribution in [0.15, 0.2) is 60.9 Å². The van der Waals surface area contributed by atoms with Crippen molar-refractivity contribution in [1.29, 1.82) is 0 Å². The number of aryl methyl sites for hydroxylation is 2. The quantitative estimate of drug-likeness (QED) is 0.545. The van der Waals surface area contributed by atoms with Gasteiger partial charge >= 0.3 is 0 Å². The summed E-state index contributed by atoms with van der Waals surface area (Å²) in [5.74, 6) is 1.35. The summed E-state index contributed by atoms with van der Waals surface area (Å²) >= 11 is 0. The van der Waals surface area contributed by atoms with Crippen LogP contribution in [0.3, 0.4) is 0 Å². The second-order valence-corrected chi connectivity index (χ2v) is 7.42. The number of nitrogens with zero attached hydrogens (tertiary/aromatic N) is 2. The molecule has 0 saturated heterocycles. The highest BCUT2D eigenvalue weighted by Gasteiger charge is 2.14. The van der Waals surface area contributed by atoms with Gasteiger partial charge in [0, 0.05) is 23.5 Å². The molecule has 30 heavy (non-hydrogen) atoms. The van der Waals surface area contributed by atoms with E-state index in [1.165, 1.54) is 0 Å². The van der Waals surface area contributed by atoms with Crippen molar-refractivity contribution in [3.63, 3.8) is 0 Å². The maximum Gasteiger partial charge on any atom is 0.255 e. The molecule has 0 aliphatic carbocycles. The van der Waals surface area contributed by atoms with E-state index >= 15 is 0 Å². The molecule has 6 nitrogen and oxygen atoms in total. The van der Waals surface area contributed by atoms with Crippen LogP contribution in [0.25, 0.3) is 16.9 Å². The smallest absolute Gasteiger partial charge is 0.255 e. The van der Waals surface area contributed by atoms with Crippen molar-refractivity contribution >= 4 is 17.2 Å². The molecule has 6 heteroatoms. The number of fused-ring (bicyclic) bond motifs is 2. The number of benzene rings is 2. The highest BCUT2D eigenvalue weighted by Crippen LogP contribution is 2.34. The Morgan fingerprint density at radius 3 is 2.60 bits per heavy atom. The Morgan fingerprint density at radius 2 is 1.77 bits per heavy atom. The van der Waals surface area contributed by atoms with E-state index < -0.39 is 0 Å². The van der Waals surface area contributed by atoms with Gasteiger partial charge in [-0.25, -0.2) is 4.98 Å². The number of rotatable bonds is 3. The van der Waals surface area contributed by atoms with Crippen LogP contribution in [-0.4, -0.2) is 28.5 Å². The molecule has 1 aliphatic rings. The number of nitrogens with one attached hydrogen (secondary N) is 1. The minimum absolute atomic E-state index is 0.135. The summed E-state index contributed by atoms with van der Waals surface area (Å²) in [6.07, 6.45) is 3.80. The molecule has 0 atom stereocenters. The van der Waals surface area contributed by atoms with Gasteiger partial charge in [0.2, 0.25) is 0 Å². The summed E-state index contributed by atoms with van der Waals surface area (Å²) in [6, 6.07) is 15.3. The van der Waals surface area contributed by atoms with Gasteiger partial charge in [0.1, 0.15) is 18.9 Å². The largest absolute Gasteiger partial charge is 0.486 e. The van der Waals surface area contributed by atoms with Crippen molar-refractivity contribution < 1.29 is 14.3 Å². The van der Waals surface area contributed by atoms with Crippen LogP contribution in [0.4, 0.5) is 5.69 Å². The van der Waals surface area contributed by atoms with Crippen LogP contribution < -0.4 is 14.8 Å².